The Bertz CT molecular complexity index is 393. The molecule has 0 aromatic heterocycles. The molecule has 0 heterocycles. The van der Waals surface area contributed by atoms with Crippen molar-refractivity contribution in [1.82, 2.24) is 5.32 Å². The van der Waals surface area contributed by atoms with Gasteiger partial charge in [0.15, 0.2) is 0 Å². The zero-order valence-corrected chi connectivity index (χ0v) is 11.6. The van der Waals surface area contributed by atoms with Crippen LogP contribution in [0.2, 0.25) is 10.0 Å². The SMILES string of the molecule is CCC(C)NC(=O)CCc1ccc(Cl)c(Cl)c1. The molecule has 0 aliphatic rings. The monoisotopic (exact) mass is 273 g/mol. The van der Waals surface area contributed by atoms with E-state index in [1.54, 1.807) is 12.1 Å². The number of rotatable bonds is 5. The summed E-state index contributed by atoms with van der Waals surface area (Å²) in [6.45, 7) is 4.04. The van der Waals surface area contributed by atoms with Crippen molar-refractivity contribution >= 4 is 29.1 Å². The van der Waals surface area contributed by atoms with Gasteiger partial charge >= 0.3 is 0 Å². The van der Waals surface area contributed by atoms with E-state index in [4.69, 9.17) is 23.2 Å². The average molecular weight is 274 g/mol. The lowest BCUT2D eigenvalue weighted by molar-refractivity contribution is -0.121. The zero-order chi connectivity index (χ0) is 12.8. The van der Waals surface area contributed by atoms with Gasteiger partial charge in [0.1, 0.15) is 0 Å². The molecule has 2 nitrogen and oxygen atoms in total. The third-order valence-electron chi connectivity index (χ3n) is 2.64. The summed E-state index contributed by atoms with van der Waals surface area (Å²) in [5, 5.41) is 4.00. The molecule has 94 valence electrons. The predicted octanol–water partition coefficient (Wildman–Crippen LogP) is 3.84. The Morgan fingerprint density at radius 2 is 2.06 bits per heavy atom. The summed E-state index contributed by atoms with van der Waals surface area (Å²) in [7, 11) is 0. The van der Waals surface area contributed by atoms with Crippen molar-refractivity contribution in [1.29, 1.82) is 0 Å². The fourth-order valence-electron chi connectivity index (χ4n) is 1.40. The molecule has 0 aliphatic heterocycles. The lowest BCUT2D eigenvalue weighted by Gasteiger charge is -2.11. The molecular weight excluding hydrogens is 257 g/mol. The molecule has 0 fully saturated rings. The lowest BCUT2D eigenvalue weighted by Crippen LogP contribution is -2.31. The first-order valence-electron chi connectivity index (χ1n) is 5.76. The summed E-state index contributed by atoms with van der Waals surface area (Å²) < 4.78 is 0. The van der Waals surface area contributed by atoms with Crippen molar-refractivity contribution < 1.29 is 4.79 Å². The highest BCUT2D eigenvalue weighted by atomic mass is 35.5. The van der Waals surface area contributed by atoms with Gasteiger partial charge in [0.25, 0.3) is 0 Å². The normalized spacial score (nSPS) is 12.2. The molecule has 1 aromatic rings. The van der Waals surface area contributed by atoms with Gasteiger partial charge in [0.2, 0.25) is 5.91 Å². The van der Waals surface area contributed by atoms with E-state index < -0.39 is 0 Å². The van der Waals surface area contributed by atoms with Crippen molar-refractivity contribution in [3.05, 3.63) is 33.8 Å². The van der Waals surface area contributed by atoms with Crippen LogP contribution in [0.5, 0.6) is 0 Å². The zero-order valence-electron chi connectivity index (χ0n) is 10.1. The number of hydrogen-bond acceptors (Lipinski definition) is 1. The third kappa shape index (κ3) is 4.97. The maximum Gasteiger partial charge on any atom is 0.220 e. The number of hydrogen-bond donors (Lipinski definition) is 1. The molecule has 0 radical (unpaired) electrons. The molecule has 1 atom stereocenters. The summed E-state index contributed by atoms with van der Waals surface area (Å²) in [6, 6.07) is 5.69. The van der Waals surface area contributed by atoms with E-state index in [1.807, 2.05) is 19.9 Å². The molecule has 0 spiro atoms. The number of aryl methyl sites for hydroxylation is 1. The average Bonchev–Trinajstić information content (AvgIpc) is 2.30. The van der Waals surface area contributed by atoms with Crippen LogP contribution in [0.4, 0.5) is 0 Å². The third-order valence-corrected chi connectivity index (χ3v) is 3.38. The highest BCUT2D eigenvalue weighted by molar-refractivity contribution is 6.42. The van der Waals surface area contributed by atoms with Crippen molar-refractivity contribution in [3.8, 4) is 0 Å². The fraction of sp³-hybridized carbons (Fsp3) is 0.462. The lowest BCUT2D eigenvalue weighted by atomic mass is 10.1. The van der Waals surface area contributed by atoms with E-state index >= 15 is 0 Å². The molecular formula is C13H17Cl2NO. The highest BCUT2D eigenvalue weighted by Crippen LogP contribution is 2.23. The first kappa shape index (κ1) is 14.3. The minimum absolute atomic E-state index is 0.0745. The minimum Gasteiger partial charge on any atom is -0.354 e. The molecule has 0 aliphatic carbocycles. The summed E-state index contributed by atoms with van der Waals surface area (Å²) in [6.07, 6.45) is 2.10. The van der Waals surface area contributed by atoms with Crippen molar-refractivity contribution in [3.63, 3.8) is 0 Å². The van der Waals surface area contributed by atoms with Crippen LogP contribution >= 0.6 is 23.2 Å². The number of halogens is 2. The molecule has 0 saturated heterocycles. The Hall–Kier alpha value is -0.730. The van der Waals surface area contributed by atoms with E-state index in [-0.39, 0.29) is 11.9 Å². The number of carbonyl (C=O) groups is 1. The minimum atomic E-state index is 0.0745. The van der Waals surface area contributed by atoms with Gasteiger partial charge in [0, 0.05) is 12.5 Å². The summed E-state index contributed by atoms with van der Waals surface area (Å²) in [5.74, 6) is 0.0745. The highest BCUT2D eigenvalue weighted by Gasteiger charge is 2.06. The van der Waals surface area contributed by atoms with Crippen LogP contribution < -0.4 is 5.32 Å². The van der Waals surface area contributed by atoms with Gasteiger partial charge in [-0.3, -0.25) is 4.79 Å². The molecule has 1 N–H and O–H groups in total. The summed E-state index contributed by atoms with van der Waals surface area (Å²) in [5.41, 5.74) is 1.03. The van der Waals surface area contributed by atoms with E-state index in [0.717, 1.165) is 12.0 Å². The second-order valence-electron chi connectivity index (χ2n) is 4.13. The van der Waals surface area contributed by atoms with Crippen LogP contribution in [0.3, 0.4) is 0 Å². The van der Waals surface area contributed by atoms with Crippen LogP contribution in [0, 0.1) is 0 Å². The van der Waals surface area contributed by atoms with Gasteiger partial charge in [-0.1, -0.05) is 36.2 Å². The Morgan fingerprint density at radius 1 is 1.35 bits per heavy atom. The van der Waals surface area contributed by atoms with Gasteiger partial charge in [-0.15, -0.1) is 0 Å². The van der Waals surface area contributed by atoms with Crippen molar-refractivity contribution in [2.45, 2.75) is 39.2 Å². The number of benzene rings is 1. The Balaban J connectivity index is 2.45. The van der Waals surface area contributed by atoms with Crippen LogP contribution in [-0.4, -0.2) is 11.9 Å². The Kier molecular flexibility index (Phi) is 5.79. The predicted molar refractivity (Wildman–Crippen MR) is 72.7 cm³/mol. The van der Waals surface area contributed by atoms with Crippen LogP contribution in [0.15, 0.2) is 18.2 Å². The van der Waals surface area contributed by atoms with E-state index in [9.17, 15) is 4.79 Å². The fourth-order valence-corrected chi connectivity index (χ4v) is 1.72. The molecule has 1 amide bonds. The standard InChI is InChI=1S/C13H17Cl2NO/c1-3-9(2)16-13(17)7-5-10-4-6-11(14)12(15)8-10/h4,6,8-9H,3,5,7H2,1-2H3,(H,16,17). The maximum absolute atomic E-state index is 11.6. The molecule has 1 aromatic carbocycles. The van der Waals surface area contributed by atoms with Crippen molar-refractivity contribution in [2.75, 3.05) is 0 Å². The molecule has 0 bridgehead atoms. The number of nitrogens with one attached hydrogen (secondary N) is 1. The summed E-state index contributed by atoms with van der Waals surface area (Å²) in [4.78, 5) is 11.6. The Labute approximate surface area is 112 Å². The van der Waals surface area contributed by atoms with E-state index in [0.29, 0.717) is 22.9 Å². The van der Waals surface area contributed by atoms with Gasteiger partial charge in [-0.05, 0) is 37.5 Å². The molecule has 1 unspecified atom stereocenters. The van der Waals surface area contributed by atoms with E-state index in [1.165, 1.54) is 0 Å². The van der Waals surface area contributed by atoms with Gasteiger partial charge in [0.05, 0.1) is 10.0 Å². The van der Waals surface area contributed by atoms with E-state index in [2.05, 4.69) is 5.32 Å². The van der Waals surface area contributed by atoms with Gasteiger partial charge in [-0.2, -0.15) is 0 Å². The first-order chi connectivity index (χ1) is 8.02. The second kappa shape index (κ2) is 6.87. The molecule has 17 heavy (non-hydrogen) atoms. The van der Waals surface area contributed by atoms with Gasteiger partial charge in [-0.25, -0.2) is 0 Å². The summed E-state index contributed by atoms with van der Waals surface area (Å²) >= 11 is 11.7. The topological polar surface area (TPSA) is 29.1 Å². The largest absolute Gasteiger partial charge is 0.354 e. The van der Waals surface area contributed by atoms with Gasteiger partial charge < -0.3 is 5.32 Å². The molecule has 4 heteroatoms. The first-order valence-corrected chi connectivity index (χ1v) is 6.51. The van der Waals surface area contributed by atoms with Crippen LogP contribution in [-0.2, 0) is 11.2 Å². The van der Waals surface area contributed by atoms with Crippen molar-refractivity contribution in [2.24, 2.45) is 0 Å². The molecule has 1 rings (SSSR count). The quantitative estimate of drug-likeness (QED) is 0.868. The Morgan fingerprint density at radius 3 is 2.65 bits per heavy atom. The molecule has 0 saturated carbocycles. The maximum atomic E-state index is 11.6. The van der Waals surface area contributed by atoms with Crippen LogP contribution in [0.25, 0.3) is 0 Å². The second-order valence-corrected chi connectivity index (χ2v) is 4.94. The number of carbonyl (C=O) groups excluding carboxylic acids is 1. The van der Waals surface area contributed by atoms with Crippen LogP contribution in [0.1, 0.15) is 32.3 Å². The smallest absolute Gasteiger partial charge is 0.220 e. The number of amides is 1.